The lowest BCUT2D eigenvalue weighted by atomic mass is 9.69. The van der Waals surface area contributed by atoms with Crippen LogP contribution in [0.5, 0.6) is 0 Å². The molecule has 3 rings (SSSR count). The third kappa shape index (κ3) is 1.74. The van der Waals surface area contributed by atoms with Crippen molar-refractivity contribution in [2.45, 2.75) is 58.8 Å². The Morgan fingerprint density at radius 1 is 1.25 bits per heavy atom. The highest BCUT2D eigenvalue weighted by molar-refractivity contribution is 7.89. The first kappa shape index (κ1) is 14.5. The van der Waals surface area contributed by atoms with E-state index in [9.17, 15) is 8.42 Å². The van der Waals surface area contributed by atoms with Crippen LogP contribution in [0.25, 0.3) is 0 Å². The number of sulfonamides is 1. The predicted molar refractivity (Wildman–Crippen MR) is 84.1 cm³/mol. The molecule has 20 heavy (non-hydrogen) atoms. The van der Waals surface area contributed by atoms with Gasteiger partial charge in [-0.2, -0.15) is 0 Å². The van der Waals surface area contributed by atoms with Gasteiger partial charge in [0.15, 0.2) is 0 Å². The van der Waals surface area contributed by atoms with Gasteiger partial charge < -0.3 is 0 Å². The topological polar surface area (TPSA) is 37.4 Å². The van der Waals surface area contributed by atoms with Gasteiger partial charge in [-0.05, 0) is 30.6 Å². The van der Waals surface area contributed by atoms with Crippen LogP contribution in [-0.4, -0.2) is 32.6 Å². The SMILES string of the molecule is CC1(C)C2CCC13CS(=O)(=O)N(C#C[Si](C)(C)C)C3C2. The van der Waals surface area contributed by atoms with Crippen molar-refractivity contribution < 1.29 is 8.42 Å². The zero-order valence-electron chi connectivity index (χ0n) is 13.2. The van der Waals surface area contributed by atoms with E-state index in [1.807, 2.05) is 0 Å². The van der Waals surface area contributed by atoms with Crippen molar-refractivity contribution in [3.63, 3.8) is 0 Å². The Balaban J connectivity index is 2.04. The Morgan fingerprint density at radius 2 is 1.90 bits per heavy atom. The fourth-order valence-corrected chi connectivity index (χ4v) is 7.55. The Labute approximate surface area is 124 Å². The van der Waals surface area contributed by atoms with Crippen LogP contribution in [0.1, 0.15) is 33.1 Å². The quantitative estimate of drug-likeness (QED) is 0.509. The van der Waals surface area contributed by atoms with Crippen molar-refractivity contribution in [1.29, 1.82) is 0 Å². The molecule has 112 valence electrons. The summed E-state index contributed by atoms with van der Waals surface area (Å²) in [5, 5.41) is 0. The largest absolute Gasteiger partial charge is 0.242 e. The summed E-state index contributed by atoms with van der Waals surface area (Å²) in [6, 6.07) is 3.19. The third-order valence-corrected chi connectivity index (χ3v) is 8.64. The van der Waals surface area contributed by atoms with Crippen molar-refractivity contribution in [1.82, 2.24) is 4.31 Å². The Morgan fingerprint density at radius 3 is 2.45 bits per heavy atom. The molecule has 3 aliphatic rings. The maximum absolute atomic E-state index is 12.6. The van der Waals surface area contributed by atoms with Gasteiger partial charge in [0.25, 0.3) is 0 Å². The predicted octanol–water partition coefficient (Wildman–Crippen LogP) is 2.67. The molecular formula is C15H25NO2SSi. The van der Waals surface area contributed by atoms with Crippen molar-refractivity contribution in [3.05, 3.63) is 0 Å². The summed E-state index contributed by atoms with van der Waals surface area (Å²) in [4.78, 5) is 0. The van der Waals surface area contributed by atoms with E-state index in [1.165, 1.54) is 6.42 Å². The second kappa shape index (κ2) is 3.83. The fraction of sp³-hybridized carbons (Fsp3) is 0.867. The average molecular weight is 312 g/mol. The fourth-order valence-electron chi connectivity index (χ4n) is 4.66. The van der Waals surface area contributed by atoms with E-state index in [4.69, 9.17) is 0 Å². The van der Waals surface area contributed by atoms with Crippen LogP contribution in [0.2, 0.25) is 19.6 Å². The molecule has 0 N–H and O–H groups in total. The maximum atomic E-state index is 12.6. The van der Waals surface area contributed by atoms with Crippen LogP contribution in [-0.2, 0) is 10.0 Å². The highest BCUT2D eigenvalue weighted by Gasteiger charge is 2.71. The minimum atomic E-state index is -3.20. The first-order valence-corrected chi connectivity index (χ1v) is 12.7. The molecule has 0 aromatic heterocycles. The molecule has 0 aromatic carbocycles. The lowest BCUT2D eigenvalue weighted by molar-refractivity contribution is 0.128. The molecule has 3 atom stereocenters. The monoisotopic (exact) mass is 311 g/mol. The molecule has 5 heteroatoms. The lowest BCUT2D eigenvalue weighted by Crippen LogP contribution is -2.40. The summed E-state index contributed by atoms with van der Waals surface area (Å²) in [6.07, 6.45) is 3.25. The Hall–Kier alpha value is -0.473. The average Bonchev–Trinajstić information content (AvgIpc) is 2.72. The molecule has 1 saturated heterocycles. The van der Waals surface area contributed by atoms with Gasteiger partial charge >= 0.3 is 0 Å². The molecule has 2 bridgehead atoms. The molecule has 2 aliphatic carbocycles. The van der Waals surface area contributed by atoms with E-state index in [2.05, 4.69) is 45.1 Å². The van der Waals surface area contributed by atoms with Crippen LogP contribution in [0.3, 0.4) is 0 Å². The first-order valence-electron chi connectivity index (χ1n) is 7.55. The van der Waals surface area contributed by atoms with Crippen molar-refractivity contribution in [3.8, 4) is 11.6 Å². The van der Waals surface area contributed by atoms with Gasteiger partial charge in [0, 0.05) is 11.5 Å². The lowest BCUT2D eigenvalue weighted by Gasteiger charge is -2.36. The number of hydrogen-bond acceptors (Lipinski definition) is 2. The van der Waals surface area contributed by atoms with Crippen molar-refractivity contribution in [2.75, 3.05) is 5.75 Å². The molecular weight excluding hydrogens is 286 g/mol. The first-order chi connectivity index (χ1) is 9.00. The van der Waals surface area contributed by atoms with E-state index in [0.717, 1.165) is 12.8 Å². The van der Waals surface area contributed by atoms with Crippen LogP contribution in [0.15, 0.2) is 0 Å². The van der Waals surface area contributed by atoms with E-state index in [-0.39, 0.29) is 16.9 Å². The number of hydrogen-bond donors (Lipinski definition) is 0. The number of nitrogens with zero attached hydrogens (tertiary/aromatic N) is 1. The normalized spacial score (nSPS) is 40.4. The molecule has 0 amide bonds. The summed E-state index contributed by atoms with van der Waals surface area (Å²) < 4.78 is 26.8. The van der Waals surface area contributed by atoms with Crippen molar-refractivity contribution in [2.24, 2.45) is 16.7 Å². The van der Waals surface area contributed by atoms with Gasteiger partial charge in [-0.15, -0.1) is 5.54 Å². The minimum absolute atomic E-state index is 0.0510. The summed E-state index contributed by atoms with van der Waals surface area (Å²) >= 11 is 0. The van der Waals surface area contributed by atoms with E-state index < -0.39 is 18.1 Å². The Kier molecular flexibility index (Phi) is 2.77. The molecule has 2 saturated carbocycles. The molecule has 3 unspecified atom stereocenters. The van der Waals surface area contributed by atoms with E-state index in [0.29, 0.717) is 11.7 Å². The maximum Gasteiger partial charge on any atom is 0.242 e. The zero-order chi connectivity index (χ0) is 15.0. The van der Waals surface area contributed by atoms with Gasteiger partial charge in [0.2, 0.25) is 10.0 Å². The van der Waals surface area contributed by atoms with Gasteiger partial charge in [0.1, 0.15) is 8.07 Å². The molecule has 1 spiro atoms. The third-order valence-electron chi connectivity index (χ3n) is 5.95. The summed E-state index contributed by atoms with van der Waals surface area (Å²) in [7, 11) is -4.76. The van der Waals surface area contributed by atoms with Gasteiger partial charge in [-0.1, -0.05) is 33.5 Å². The van der Waals surface area contributed by atoms with Gasteiger partial charge in [-0.25, -0.2) is 12.7 Å². The molecule has 0 radical (unpaired) electrons. The second-order valence-electron chi connectivity index (χ2n) is 8.40. The molecule has 3 fully saturated rings. The van der Waals surface area contributed by atoms with Crippen molar-refractivity contribution >= 4 is 18.1 Å². The van der Waals surface area contributed by atoms with E-state index >= 15 is 0 Å². The van der Waals surface area contributed by atoms with Gasteiger partial charge in [0.05, 0.1) is 11.8 Å². The van der Waals surface area contributed by atoms with Crippen LogP contribution in [0, 0.1) is 28.3 Å². The van der Waals surface area contributed by atoms with Crippen LogP contribution < -0.4 is 0 Å². The molecule has 1 heterocycles. The molecule has 0 aromatic rings. The van der Waals surface area contributed by atoms with Gasteiger partial charge in [-0.3, -0.25) is 0 Å². The second-order valence-corrected chi connectivity index (χ2v) is 15.0. The number of rotatable bonds is 0. The minimum Gasteiger partial charge on any atom is -0.225 e. The summed E-state index contributed by atoms with van der Waals surface area (Å²) in [5.74, 6) is 0.980. The standard InChI is InChI=1S/C15H25NO2SSi/c1-14(2)12-6-7-15(14)11-19(17,18)16(13(15)10-12)8-9-20(3,4)5/h12-13H,6-7,10-11H2,1-5H3. The Bertz CT molecular complexity index is 608. The number of fused-ring (bicyclic) bond motifs is 1. The molecule has 1 aliphatic heterocycles. The highest BCUT2D eigenvalue weighted by Crippen LogP contribution is 2.69. The highest BCUT2D eigenvalue weighted by atomic mass is 32.2. The van der Waals surface area contributed by atoms with Crippen LogP contribution >= 0.6 is 0 Å². The zero-order valence-corrected chi connectivity index (χ0v) is 15.0. The summed E-state index contributed by atoms with van der Waals surface area (Å²) in [6.45, 7) is 11.0. The van der Waals surface area contributed by atoms with E-state index in [1.54, 1.807) is 4.31 Å². The van der Waals surface area contributed by atoms with Crippen LogP contribution in [0.4, 0.5) is 0 Å². The smallest absolute Gasteiger partial charge is 0.225 e. The molecule has 3 nitrogen and oxygen atoms in total. The summed E-state index contributed by atoms with van der Waals surface area (Å²) in [5.41, 5.74) is 3.34.